The predicted octanol–water partition coefficient (Wildman–Crippen LogP) is 2.94. The Morgan fingerprint density at radius 1 is 1.38 bits per heavy atom. The third-order valence-corrected chi connectivity index (χ3v) is 2.06. The Hall–Kier alpha value is -0.780. The van der Waals surface area contributed by atoms with Crippen molar-refractivity contribution in [3.05, 3.63) is 45.6 Å². The zero-order valence-electron chi connectivity index (χ0n) is 6.48. The molecule has 1 aromatic rings. The fourth-order valence-electron chi connectivity index (χ4n) is 0.880. The van der Waals surface area contributed by atoms with Crippen LogP contribution < -0.4 is 0 Å². The topological polar surface area (TPSA) is 17.1 Å². The van der Waals surface area contributed by atoms with Gasteiger partial charge in [0.25, 0.3) is 0 Å². The maximum absolute atomic E-state index is 13.0. The van der Waals surface area contributed by atoms with E-state index in [2.05, 4.69) is 6.58 Å². The van der Waals surface area contributed by atoms with E-state index in [1.54, 1.807) is 22.6 Å². The Kier molecular flexibility index (Phi) is 3.13. The summed E-state index contributed by atoms with van der Waals surface area (Å²) in [5, 5.41) is 0. The SMILES string of the molecule is C=CC(=O)c1c(F)cc(I)cc1F. The molecule has 0 radical (unpaired) electrons. The van der Waals surface area contributed by atoms with E-state index in [1.165, 1.54) is 0 Å². The van der Waals surface area contributed by atoms with Crippen molar-refractivity contribution in [2.45, 2.75) is 0 Å². The van der Waals surface area contributed by atoms with E-state index < -0.39 is 23.0 Å². The van der Waals surface area contributed by atoms with Crippen LogP contribution in [0.3, 0.4) is 0 Å². The van der Waals surface area contributed by atoms with E-state index >= 15 is 0 Å². The van der Waals surface area contributed by atoms with Crippen molar-refractivity contribution < 1.29 is 13.6 Å². The number of hydrogen-bond acceptors (Lipinski definition) is 1. The molecule has 0 unspecified atom stereocenters. The van der Waals surface area contributed by atoms with Gasteiger partial charge in [0, 0.05) is 3.57 Å². The van der Waals surface area contributed by atoms with Gasteiger partial charge < -0.3 is 0 Å². The minimum atomic E-state index is -0.853. The summed E-state index contributed by atoms with van der Waals surface area (Å²) in [6.45, 7) is 3.16. The lowest BCUT2D eigenvalue weighted by molar-refractivity contribution is 0.103. The molecule has 0 spiro atoms. The smallest absolute Gasteiger partial charge is 0.191 e. The molecule has 13 heavy (non-hydrogen) atoms. The van der Waals surface area contributed by atoms with Crippen LogP contribution in [0.25, 0.3) is 0 Å². The van der Waals surface area contributed by atoms with Gasteiger partial charge in [0.2, 0.25) is 0 Å². The molecule has 1 aromatic carbocycles. The van der Waals surface area contributed by atoms with Gasteiger partial charge in [0.15, 0.2) is 5.78 Å². The van der Waals surface area contributed by atoms with Gasteiger partial charge >= 0.3 is 0 Å². The normalized spacial score (nSPS) is 9.77. The second-order valence-corrected chi connectivity index (χ2v) is 3.56. The molecule has 0 aliphatic carbocycles. The Bertz CT molecular complexity index is 351. The highest BCUT2D eigenvalue weighted by atomic mass is 127. The summed E-state index contributed by atoms with van der Waals surface area (Å²) in [6, 6.07) is 2.20. The average Bonchev–Trinajstić information content (AvgIpc) is 2.02. The second kappa shape index (κ2) is 3.95. The van der Waals surface area contributed by atoms with Gasteiger partial charge in [-0.1, -0.05) is 6.58 Å². The van der Waals surface area contributed by atoms with Gasteiger partial charge in [-0.3, -0.25) is 4.79 Å². The Balaban J connectivity index is 3.36. The molecular formula is C9H5F2IO. The van der Waals surface area contributed by atoms with Crippen molar-refractivity contribution in [3.63, 3.8) is 0 Å². The molecule has 0 aliphatic heterocycles. The van der Waals surface area contributed by atoms with Crippen LogP contribution in [0.5, 0.6) is 0 Å². The average molecular weight is 294 g/mol. The first kappa shape index (κ1) is 10.3. The van der Waals surface area contributed by atoms with Crippen LogP contribution in [-0.4, -0.2) is 5.78 Å². The van der Waals surface area contributed by atoms with E-state index in [1.807, 2.05) is 0 Å². The van der Waals surface area contributed by atoms with Crippen molar-refractivity contribution in [2.24, 2.45) is 0 Å². The lowest BCUT2D eigenvalue weighted by atomic mass is 10.1. The molecule has 0 N–H and O–H groups in total. The number of ketones is 1. The van der Waals surface area contributed by atoms with Crippen LogP contribution in [0, 0.1) is 15.2 Å². The molecule has 68 valence electrons. The summed E-state index contributed by atoms with van der Waals surface area (Å²) >= 11 is 1.77. The molecule has 0 saturated heterocycles. The standard InChI is InChI=1S/C9H5F2IO/c1-2-8(13)9-6(10)3-5(12)4-7(9)11/h2-4H,1H2. The summed E-state index contributed by atoms with van der Waals surface area (Å²) in [6.07, 6.45) is 0.883. The Morgan fingerprint density at radius 2 is 1.85 bits per heavy atom. The first-order chi connectivity index (χ1) is 6.06. The number of rotatable bonds is 2. The van der Waals surface area contributed by atoms with Crippen LogP contribution in [0.15, 0.2) is 24.8 Å². The number of allylic oxidation sites excluding steroid dienone is 1. The fraction of sp³-hybridized carbons (Fsp3) is 0. The lowest BCUT2D eigenvalue weighted by Crippen LogP contribution is -2.03. The molecule has 0 aromatic heterocycles. The van der Waals surface area contributed by atoms with E-state index in [4.69, 9.17) is 0 Å². The molecule has 1 nitrogen and oxygen atoms in total. The third-order valence-electron chi connectivity index (χ3n) is 1.44. The van der Waals surface area contributed by atoms with Crippen molar-refractivity contribution >= 4 is 28.4 Å². The van der Waals surface area contributed by atoms with Crippen LogP contribution >= 0.6 is 22.6 Å². The van der Waals surface area contributed by atoms with E-state index in [-0.39, 0.29) is 0 Å². The molecule has 0 atom stereocenters. The van der Waals surface area contributed by atoms with E-state index in [0.717, 1.165) is 18.2 Å². The molecule has 0 heterocycles. The maximum atomic E-state index is 13.0. The second-order valence-electron chi connectivity index (χ2n) is 2.31. The lowest BCUT2D eigenvalue weighted by Gasteiger charge is -2.00. The Morgan fingerprint density at radius 3 is 2.23 bits per heavy atom. The zero-order valence-corrected chi connectivity index (χ0v) is 8.64. The molecular weight excluding hydrogens is 289 g/mol. The largest absolute Gasteiger partial charge is 0.289 e. The number of carbonyl (C=O) groups is 1. The summed E-state index contributed by atoms with van der Waals surface area (Å²) in [5.41, 5.74) is -0.546. The minimum Gasteiger partial charge on any atom is -0.289 e. The van der Waals surface area contributed by atoms with Gasteiger partial charge in [-0.15, -0.1) is 0 Å². The Labute approximate surface area is 87.6 Å². The molecule has 1 rings (SSSR count). The molecule has 4 heteroatoms. The highest BCUT2D eigenvalue weighted by molar-refractivity contribution is 14.1. The monoisotopic (exact) mass is 294 g/mol. The first-order valence-corrected chi connectivity index (χ1v) is 4.45. The minimum absolute atomic E-state index is 0.410. The van der Waals surface area contributed by atoms with Crippen molar-refractivity contribution in [2.75, 3.05) is 0 Å². The van der Waals surface area contributed by atoms with Crippen molar-refractivity contribution in [1.82, 2.24) is 0 Å². The molecule has 0 fully saturated rings. The quantitative estimate of drug-likeness (QED) is 0.465. The zero-order chi connectivity index (χ0) is 10.0. The summed E-state index contributed by atoms with van der Waals surface area (Å²) in [5.74, 6) is -2.45. The van der Waals surface area contributed by atoms with Crippen LogP contribution in [0.2, 0.25) is 0 Å². The van der Waals surface area contributed by atoms with Crippen LogP contribution in [-0.2, 0) is 0 Å². The summed E-state index contributed by atoms with van der Waals surface area (Å²) in [4.78, 5) is 11.0. The molecule has 0 bridgehead atoms. The number of benzene rings is 1. The highest BCUT2D eigenvalue weighted by Gasteiger charge is 2.15. The van der Waals surface area contributed by atoms with E-state index in [0.29, 0.717) is 3.57 Å². The molecule has 0 amide bonds. The van der Waals surface area contributed by atoms with Crippen LogP contribution in [0.1, 0.15) is 10.4 Å². The number of carbonyl (C=O) groups excluding carboxylic acids is 1. The predicted molar refractivity (Wildman–Crippen MR) is 53.6 cm³/mol. The van der Waals surface area contributed by atoms with Gasteiger partial charge in [0.1, 0.15) is 11.6 Å². The summed E-state index contributed by atoms with van der Waals surface area (Å²) in [7, 11) is 0. The third kappa shape index (κ3) is 2.12. The molecule has 0 saturated carbocycles. The van der Waals surface area contributed by atoms with Gasteiger partial charge in [0.05, 0.1) is 5.56 Å². The number of hydrogen-bond donors (Lipinski definition) is 0. The summed E-state index contributed by atoms with van der Waals surface area (Å²) < 4.78 is 26.5. The molecule has 0 aliphatic rings. The van der Waals surface area contributed by atoms with E-state index in [9.17, 15) is 13.6 Å². The van der Waals surface area contributed by atoms with Crippen molar-refractivity contribution in [1.29, 1.82) is 0 Å². The van der Waals surface area contributed by atoms with Crippen molar-refractivity contribution in [3.8, 4) is 0 Å². The van der Waals surface area contributed by atoms with Gasteiger partial charge in [-0.2, -0.15) is 0 Å². The fourth-order valence-corrected chi connectivity index (χ4v) is 1.43. The van der Waals surface area contributed by atoms with Crippen LogP contribution in [0.4, 0.5) is 8.78 Å². The maximum Gasteiger partial charge on any atom is 0.191 e. The number of halogens is 3. The van der Waals surface area contributed by atoms with Gasteiger partial charge in [-0.05, 0) is 40.8 Å². The van der Waals surface area contributed by atoms with Gasteiger partial charge in [-0.25, -0.2) is 8.78 Å². The first-order valence-electron chi connectivity index (χ1n) is 3.37. The highest BCUT2D eigenvalue weighted by Crippen LogP contribution is 2.17.